The van der Waals surface area contributed by atoms with Crippen LogP contribution >= 0.6 is 11.8 Å². The van der Waals surface area contributed by atoms with Gasteiger partial charge >= 0.3 is 0 Å². The van der Waals surface area contributed by atoms with Crippen LogP contribution in [-0.2, 0) is 0 Å². The predicted octanol–water partition coefficient (Wildman–Crippen LogP) is 1.26. The maximum Gasteiger partial charge on any atom is 0.172 e. The van der Waals surface area contributed by atoms with Gasteiger partial charge in [0, 0.05) is 11.3 Å². The van der Waals surface area contributed by atoms with Crippen molar-refractivity contribution < 1.29 is 15.0 Å². The fraction of sp³-hybridized carbons (Fsp3) is 0.417. The summed E-state index contributed by atoms with van der Waals surface area (Å²) in [6.45, 7) is 1.71. The minimum Gasteiger partial charge on any atom is -0.394 e. The molecule has 0 fully saturated rings. The maximum atomic E-state index is 11.7. The Morgan fingerprint density at radius 2 is 2.00 bits per heavy atom. The molecule has 0 aliphatic rings. The van der Waals surface area contributed by atoms with Crippen LogP contribution in [0.4, 0.5) is 0 Å². The van der Waals surface area contributed by atoms with Crippen molar-refractivity contribution in [3.05, 3.63) is 35.4 Å². The minimum atomic E-state index is -0.740. The standard InChI is InChI=1S/C12H16O3S/c1-9-2-4-10(5-3-9)12(15)8-16-7-11(14)6-13/h2-5,11,13-14H,6-8H2,1H3. The summed E-state index contributed by atoms with van der Waals surface area (Å²) in [7, 11) is 0. The first-order valence-corrected chi connectivity index (χ1v) is 6.25. The molecular weight excluding hydrogens is 224 g/mol. The van der Waals surface area contributed by atoms with Gasteiger partial charge in [0.25, 0.3) is 0 Å². The van der Waals surface area contributed by atoms with E-state index >= 15 is 0 Å². The number of thioether (sulfide) groups is 1. The van der Waals surface area contributed by atoms with Crippen molar-refractivity contribution >= 4 is 17.5 Å². The Labute approximate surface area is 99.5 Å². The fourth-order valence-electron chi connectivity index (χ4n) is 1.16. The van der Waals surface area contributed by atoms with Crippen molar-refractivity contribution in [1.82, 2.24) is 0 Å². The summed E-state index contributed by atoms with van der Waals surface area (Å²) in [5.74, 6) is 0.768. The SMILES string of the molecule is Cc1ccc(C(=O)CSCC(O)CO)cc1. The van der Waals surface area contributed by atoms with E-state index in [0.717, 1.165) is 5.56 Å². The molecule has 88 valence electrons. The molecule has 0 spiro atoms. The van der Waals surface area contributed by atoms with E-state index in [0.29, 0.717) is 17.1 Å². The van der Waals surface area contributed by atoms with Gasteiger partial charge in [0.2, 0.25) is 0 Å². The van der Waals surface area contributed by atoms with E-state index in [1.165, 1.54) is 11.8 Å². The van der Waals surface area contributed by atoms with Gasteiger partial charge in [-0.25, -0.2) is 0 Å². The average molecular weight is 240 g/mol. The van der Waals surface area contributed by atoms with Gasteiger partial charge in [-0.05, 0) is 6.92 Å². The number of ketones is 1. The molecule has 0 aromatic heterocycles. The van der Waals surface area contributed by atoms with E-state index < -0.39 is 6.10 Å². The molecular formula is C12H16O3S. The fourth-order valence-corrected chi connectivity index (χ4v) is 2.01. The highest BCUT2D eigenvalue weighted by Crippen LogP contribution is 2.09. The number of hydrogen-bond acceptors (Lipinski definition) is 4. The zero-order chi connectivity index (χ0) is 12.0. The lowest BCUT2D eigenvalue weighted by Crippen LogP contribution is -2.16. The number of carbonyl (C=O) groups excluding carboxylic acids is 1. The molecule has 0 aliphatic heterocycles. The number of benzene rings is 1. The Balaban J connectivity index is 2.38. The van der Waals surface area contributed by atoms with Gasteiger partial charge in [0.1, 0.15) is 0 Å². The first-order valence-electron chi connectivity index (χ1n) is 5.10. The summed E-state index contributed by atoms with van der Waals surface area (Å²) in [6.07, 6.45) is -0.740. The third-order valence-electron chi connectivity index (χ3n) is 2.13. The first kappa shape index (κ1) is 13.2. The molecule has 2 N–H and O–H groups in total. The van der Waals surface area contributed by atoms with Crippen molar-refractivity contribution in [3.8, 4) is 0 Å². The highest BCUT2D eigenvalue weighted by Gasteiger charge is 2.07. The van der Waals surface area contributed by atoms with Crippen LogP contribution < -0.4 is 0 Å². The minimum absolute atomic E-state index is 0.0511. The zero-order valence-electron chi connectivity index (χ0n) is 9.22. The van der Waals surface area contributed by atoms with E-state index in [4.69, 9.17) is 10.2 Å². The Hall–Kier alpha value is -0.840. The normalized spacial score (nSPS) is 12.4. The molecule has 3 nitrogen and oxygen atoms in total. The van der Waals surface area contributed by atoms with Crippen molar-refractivity contribution in [2.24, 2.45) is 0 Å². The first-order chi connectivity index (χ1) is 7.63. The van der Waals surface area contributed by atoms with Gasteiger partial charge in [0.05, 0.1) is 18.5 Å². The molecule has 1 unspecified atom stereocenters. The Morgan fingerprint density at radius 3 is 2.56 bits per heavy atom. The summed E-state index contributed by atoms with van der Waals surface area (Å²) >= 11 is 1.33. The molecule has 1 rings (SSSR count). The Bertz CT molecular complexity index is 335. The number of rotatable bonds is 6. The van der Waals surface area contributed by atoms with Crippen molar-refractivity contribution in [2.75, 3.05) is 18.1 Å². The van der Waals surface area contributed by atoms with E-state index in [-0.39, 0.29) is 12.4 Å². The lowest BCUT2D eigenvalue weighted by Gasteiger charge is -2.06. The van der Waals surface area contributed by atoms with Crippen LogP contribution in [0.1, 0.15) is 15.9 Å². The van der Waals surface area contributed by atoms with E-state index in [9.17, 15) is 4.79 Å². The second-order valence-corrected chi connectivity index (χ2v) is 4.67. The second kappa shape index (κ2) is 6.68. The van der Waals surface area contributed by atoms with Crippen LogP contribution in [0.15, 0.2) is 24.3 Å². The van der Waals surface area contributed by atoms with Crippen LogP contribution in [0, 0.1) is 6.92 Å². The Kier molecular flexibility index (Phi) is 5.52. The monoisotopic (exact) mass is 240 g/mol. The summed E-state index contributed by atoms with van der Waals surface area (Å²) in [5, 5.41) is 17.7. The highest BCUT2D eigenvalue weighted by atomic mass is 32.2. The number of aliphatic hydroxyl groups excluding tert-OH is 2. The third-order valence-corrected chi connectivity index (χ3v) is 3.21. The van der Waals surface area contributed by atoms with Gasteiger partial charge in [-0.3, -0.25) is 4.79 Å². The molecule has 4 heteroatoms. The van der Waals surface area contributed by atoms with Gasteiger partial charge in [0.15, 0.2) is 5.78 Å². The highest BCUT2D eigenvalue weighted by molar-refractivity contribution is 8.00. The second-order valence-electron chi connectivity index (χ2n) is 3.64. The van der Waals surface area contributed by atoms with Crippen molar-refractivity contribution in [1.29, 1.82) is 0 Å². The van der Waals surface area contributed by atoms with Crippen LogP contribution in [0.3, 0.4) is 0 Å². The topological polar surface area (TPSA) is 57.5 Å². The van der Waals surface area contributed by atoms with Crippen LogP contribution in [0.2, 0.25) is 0 Å². The van der Waals surface area contributed by atoms with Crippen molar-refractivity contribution in [2.45, 2.75) is 13.0 Å². The molecule has 0 bridgehead atoms. The molecule has 1 aromatic rings. The summed E-state index contributed by atoms with van der Waals surface area (Å²) in [4.78, 5) is 11.7. The summed E-state index contributed by atoms with van der Waals surface area (Å²) in [5.41, 5.74) is 1.82. The largest absolute Gasteiger partial charge is 0.394 e. The van der Waals surface area contributed by atoms with Crippen LogP contribution in [-0.4, -0.2) is 40.2 Å². The molecule has 0 saturated carbocycles. The molecule has 16 heavy (non-hydrogen) atoms. The molecule has 0 amide bonds. The molecule has 0 radical (unpaired) electrons. The summed E-state index contributed by atoms with van der Waals surface area (Å²) in [6, 6.07) is 7.42. The lowest BCUT2D eigenvalue weighted by molar-refractivity contribution is 0.102. The molecule has 1 atom stereocenters. The summed E-state index contributed by atoms with van der Waals surface area (Å²) < 4.78 is 0. The van der Waals surface area contributed by atoms with Crippen molar-refractivity contribution in [3.63, 3.8) is 0 Å². The number of aryl methyl sites for hydroxylation is 1. The predicted molar refractivity (Wildman–Crippen MR) is 65.9 cm³/mol. The average Bonchev–Trinajstić information content (AvgIpc) is 2.29. The zero-order valence-corrected chi connectivity index (χ0v) is 10.0. The number of hydrogen-bond donors (Lipinski definition) is 2. The van der Waals surface area contributed by atoms with Crippen LogP contribution in [0.25, 0.3) is 0 Å². The van der Waals surface area contributed by atoms with E-state index in [1.807, 2.05) is 19.1 Å². The van der Waals surface area contributed by atoms with E-state index in [1.54, 1.807) is 12.1 Å². The number of carbonyl (C=O) groups is 1. The van der Waals surface area contributed by atoms with E-state index in [2.05, 4.69) is 0 Å². The number of Topliss-reactive ketones (excluding diaryl/α,β-unsaturated/α-hetero) is 1. The molecule has 1 aromatic carbocycles. The third kappa shape index (κ3) is 4.35. The van der Waals surface area contributed by atoms with Gasteiger partial charge in [-0.2, -0.15) is 11.8 Å². The quantitative estimate of drug-likeness (QED) is 0.735. The van der Waals surface area contributed by atoms with Gasteiger partial charge < -0.3 is 10.2 Å². The molecule has 0 heterocycles. The lowest BCUT2D eigenvalue weighted by atomic mass is 10.1. The molecule has 0 saturated heterocycles. The maximum absolute atomic E-state index is 11.7. The van der Waals surface area contributed by atoms with Crippen LogP contribution in [0.5, 0.6) is 0 Å². The number of aliphatic hydroxyl groups is 2. The van der Waals surface area contributed by atoms with Gasteiger partial charge in [-0.15, -0.1) is 0 Å². The molecule has 0 aliphatic carbocycles. The Morgan fingerprint density at radius 1 is 1.38 bits per heavy atom. The van der Waals surface area contributed by atoms with Gasteiger partial charge in [-0.1, -0.05) is 29.8 Å². The smallest absolute Gasteiger partial charge is 0.172 e.